The van der Waals surface area contributed by atoms with Crippen LogP contribution in [-0.4, -0.2) is 42.0 Å². The molecule has 12 heteroatoms. The van der Waals surface area contributed by atoms with Gasteiger partial charge in [0.2, 0.25) is 5.95 Å². The van der Waals surface area contributed by atoms with Gasteiger partial charge < -0.3 is 29.6 Å². The molecule has 0 bridgehead atoms. The Morgan fingerprint density at radius 3 is 2.49 bits per heavy atom. The maximum absolute atomic E-state index is 13.8. The van der Waals surface area contributed by atoms with Gasteiger partial charge in [-0.1, -0.05) is 35.3 Å². The minimum Gasteiger partial charge on any atom is -0.497 e. The largest absolute Gasteiger partial charge is 0.497 e. The Hall–Kier alpha value is -4.41. The number of nitrogens with zero attached hydrogens (tertiary/aromatic N) is 3. The highest BCUT2D eigenvalue weighted by Gasteiger charge is 2.34. The zero-order chi connectivity index (χ0) is 29.1. The van der Waals surface area contributed by atoms with Crippen LogP contribution in [0.2, 0.25) is 10.0 Å². The molecule has 0 radical (unpaired) electrons. The van der Waals surface area contributed by atoms with Gasteiger partial charge in [0.1, 0.15) is 30.5 Å². The first-order chi connectivity index (χ1) is 19.8. The third-order valence-corrected chi connectivity index (χ3v) is 7.32. The molecule has 41 heavy (non-hydrogen) atoms. The number of methoxy groups -OCH3 is 3. The molecule has 2 heterocycles. The Labute approximate surface area is 246 Å². The number of hydrogen-bond acceptors (Lipinski definition) is 8. The maximum atomic E-state index is 13.8. The molecule has 212 valence electrons. The highest BCUT2D eigenvalue weighted by Crippen LogP contribution is 2.40. The molecule has 1 atom stereocenters. The number of aromatic nitrogens is 3. The molecule has 1 aliphatic heterocycles. The summed E-state index contributed by atoms with van der Waals surface area (Å²) in [5.41, 5.74) is 3.14. The minimum atomic E-state index is -0.615. The molecule has 0 spiro atoms. The first-order valence-electron chi connectivity index (χ1n) is 12.5. The predicted molar refractivity (Wildman–Crippen MR) is 156 cm³/mol. The molecular formula is C29H27Cl2N5O5. The molecule has 2 N–H and O–H groups in total. The van der Waals surface area contributed by atoms with E-state index in [-0.39, 0.29) is 12.5 Å². The molecule has 1 amide bonds. The Balaban J connectivity index is 1.47. The fraction of sp³-hybridized carbons (Fsp3) is 0.207. The van der Waals surface area contributed by atoms with Gasteiger partial charge in [-0.25, -0.2) is 4.68 Å². The third-order valence-electron chi connectivity index (χ3n) is 6.58. The Morgan fingerprint density at radius 2 is 1.76 bits per heavy atom. The number of nitrogens with one attached hydrogen (secondary N) is 2. The van der Waals surface area contributed by atoms with E-state index in [0.29, 0.717) is 55.9 Å². The van der Waals surface area contributed by atoms with Crippen LogP contribution in [0.4, 0.5) is 11.6 Å². The number of amides is 1. The van der Waals surface area contributed by atoms with Crippen LogP contribution in [0.3, 0.4) is 0 Å². The van der Waals surface area contributed by atoms with Crippen molar-refractivity contribution in [2.75, 3.05) is 32.0 Å². The summed E-state index contributed by atoms with van der Waals surface area (Å²) >= 11 is 12.2. The van der Waals surface area contributed by atoms with Crippen LogP contribution >= 0.6 is 23.2 Å². The topological polar surface area (TPSA) is 109 Å². The van der Waals surface area contributed by atoms with Crippen LogP contribution in [-0.2, 0) is 11.4 Å². The summed E-state index contributed by atoms with van der Waals surface area (Å²) in [7, 11) is 4.64. The third kappa shape index (κ3) is 5.75. The van der Waals surface area contributed by atoms with Gasteiger partial charge in [0.05, 0.1) is 42.6 Å². The zero-order valence-corrected chi connectivity index (χ0v) is 24.2. The number of rotatable bonds is 9. The number of fused-ring (bicyclic) bond motifs is 1. The van der Waals surface area contributed by atoms with Crippen LogP contribution in [0.5, 0.6) is 23.0 Å². The van der Waals surface area contributed by atoms with E-state index in [1.54, 1.807) is 55.3 Å². The summed E-state index contributed by atoms with van der Waals surface area (Å²) in [6, 6.07) is 15.3. The van der Waals surface area contributed by atoms with Gasteiger partial charge in [-0.05, 0) is 54.4 Å². The van der Waals surface area contributed by atoms with E-state index in [1.807, 2.05) is 25.1 Å². The second kappa shape index (κ2) is 12.0. The second-order valence-electron chi connectivity index (χ2n) is 9.06. The monoisotopic (exact) mass is 595 g/mol. The molecule has 0 aliphatic carbocycles. The van der Waals surface area contributed by atoms with Crippen molar-refractivity contribution in [1.29, 1.82) is 0 Å². The summed E-state index contributed by atoms with van der Waals surface area (Å²) in [6.07, 6.45) is 1.43. The molecule has 10 nitrogen and oxygen atoms in total. The van der Waals surface area contributed by atoms with Crippen LogP contribution in [0.15, 0.2) is 72.2 Å². The normalized spacial score (nSPS) is 14.1. The van der Waals surface area contributed by atoms with Crippen molar-refractivity contribution >= 4 is 40.7 Å². The van der Waals surface area contributed by atoms with Crippen molar-refractivity contribution in [1.82, 2.24) is 14.8 Å². The maximum Gasteiger partial charge on any atom is 0.255 e. The molecule has 0 saturated heterocycles. The molecule has 1 aromatic heterocycles. The summed E-state index contributed by atoms with van der Waals surface area (Å²) in [4.78, 5) is 18.1. The quantitative estimate of drug-likeness (QED) is 0.238. The van der Waals surface area contributed by atoms with E-state index >= 15 is 0 Å². The summed E-state index contributed by atoms with van der Waals surface area (Å²) in [5.74, 6) is 2.23. The lowest BCUT2D eigenvalue weighted by Gasteiger charge is -2.29. The highest BCUT2D eigenvalue weighted by molar-refractivity contribution is 6.42. The van der Waals surface area contributed by atoms with Crippen molar-refractivity contribution in [2.24, 2.45) is 0 Å². The Bertz CT molecular complexity index is 1640. The minimum absolute atomic E-state index is 0.254. The number of carbonyl (C=O) groups is 1. The number of hydrogen-bond donors (Lipinski definition) is 2. The number of carbonyl (C=O) groups excluding carboxylic acids is 1. The molecule has 3 aromatic carbocycles. The average molecular weight is 596 g/mol. The number of benzene rings is 3. The zero-order valence-electron chi connectivity index (χ0n) is 22.7. The number of ether oxygens (including phenoxy) is 4. The molecule has 1 aliphatic rings. The first-order valence-corrected chi connectivity index (χ1v) is 13.2. The van der Waals surface area contributed by atoms with Crippen LogP contribution < -0.4 is 29.6 Å². The lowest BCUT2D eigenvalue weighted by Crippen LogP contribution is -2.31. The number of allylic oxidation sites excluding steroid dienone is 1. The van der Waals surface area contributed by atoms with E-state index in [9.17, 15) is 4.79 Å². The average Bonchev–Trinajstić information content (AvgIpc) is 3.45. The van der Waals surface area contributed by atoms with Crippen LogP contribution in [0, 0.1) is 0 Å². The van der Waals surface area contributed by atoms with E-state index in [0.717, 1.165) is 11.1 Å². The molecule has 0 saturated carbocycles. The molecule has 4 aromatic rings. The van der Waals surface area contributed by atoms with E-state index < -0.39 is 6.04 Å². The number of halogens is 2. The standard InChI is InChI=1S/C29H27Cl2N5O5/c1-16-26(28(37)35-22-9-7-19(38-2)13-24(22)39-3)27(36-29(34-16)32-15-33-36)18-6-10-23(25(12-18)40-4)41-14-17-5-8-20(30)21(31)11-17/h5-13,15,27H,14H2,1-4H3,(H,35,37)(H,32,33,34). The SMILES string of the molecule is COc1ccc(NC(=O)C2=C(C)Nc3ncnn3C2c2ccc(OCc3ccc(Cl)c(Cl)c3)c(OC)c2)c(OC)c1. The van der Waals surface area contributed by atoms with Crippen LogP contribution in [0.1, 0.15) is 24.1 Å². The van der Waals surface area contributed by atoms with Gasteiger partial charge in [0.15, 0.2) is 11.5 Å². The van der Waals surface area contributed by atoms with E-state index in [4.69, 9.17) is 42.1 Å². The van der Waals surface area contributed by atoms with Gasteiger partial charge in [-0.15, -0.1) is 0 Å². The summed E-state index contributed by atoms with van der Waals surface area (Å²) in [5, 5.41) is 11.5. The van der Waals surface area contributed by atoms with Crippen LogP contribution in [0.25, 0.3) is 0 Å². The Kier molecular flexibility index (Phi) is 8.23. The van der Waals surface area contributed by atoms with Crippen molar-refractivity contribution in [3.63, 3.8) is 0 Å². The van der Waals surface area contributed by atoms with Crippen molar-refractivity contribution in [2.45, 2.75) is 19.6 Å². The molecule has 5 rings (SSSR count). The van der Waals surface area contributed by atoms with E-state index in [2.05, 4.69) is 20.7 Å². The summed E-state index contributed by atoms with van der Waals surface area (Å²) < 4.78 is 24.1. The van der Waals surface area contributed by atoms with Crippen molar-refractivity contribution in [3.05, 3.63) is 93.4 Å². The van der Waals surface area contributed by atoms with Gasteiger partial charge >= 0.3 is 0 Å². The Morgan fingerprint density at radius 1 is 0.951 bits per heavy atom. The second-order valence-corrected chi connectivity index (χ2v) is 9.88. The van der Waals surface area contributed by atoms with Gasteiger partial charge in [-0.3, -0.25) is 4.79 Å². The smallest absolute Gasteiger partial charge is 0.255 e. The molecular weight excluding hydrogens is 569 g/mol. The predicted octanol–water partition coefficient (Wildman–Crippen LogP) is 6.12. The van der Waals surface area contributed by atoms with Crippen molar-refractivity contribution in [3.8, 4) is 23.0 Å². The number of anilines is 2. The fourth-order valence-electron chi connectivity index (χ4n) is 4.55. The molecule has 0 fully saturated rings. The van der Waals surface area contributed by atoms with Gasteiger partial charge in [0, 0.05) is 11.8 Å². The van der Waals surface area contributed by atoms with Crippen molar-refractivity contribution < 1.29 is 23.7 Å². The first kappa shape index (κ1) is 28.1. The van der Waals surface area contributed by atoms with Gasteiger partial charge in [0.25, 0.3) is 5.91 Å². The van der Waals surface area contributed by atoms with E-state index in [1.165, 1.54) is 13.4 Å². The highest BCUT2D eigenvalue weighted by atomic mass is 35.5. The molecule has 1 unspecified atom stereocenters. The summed E-state index contributed by atoms with van der Waals surface area (Å²) in [6.45, 7) is 2.07. The fourth-order valence-corrected chi connectivity index (χ4v) is 4.87. The lowest BCUT2D eigenvalue weighted by atomic mass is 9.94. The van der Waals surface area contributed by atoms with Gasteiger partial charge in [-0.2, -0.15) is 10.1 Å². The lowest BCUT2D eigenvalue weighted by molar-refractivity contribution is -0.113.